The van der Waals surface area contributed by atoms with Crippen LogP contribution in [-0.2, 0) is 17.1 Å². The van der Waals surface area contributed by atoms with E-state index in [1.165, 1.54) is 40.2 Å². The van der Waals surface area contributed by atoms with E-state index in [4.69, 9.17) is 0 Å². The van der Waals surface area contributed by atoms with Crippen LogP contribution in [-0.4, -0.2) is 45.9 Å². The third-order valence-electron chi connectivity index (χ3n) is 5.61. The number of para-hydroxylation sites is 1. The van der Waals surface area contributed by atoms with E-state index in [0.717, 1.165) is 6.42 Å². The summed E-state index contributed by atoms with van der Waals surface area (Å²) in [6.45, 7) is 2.08. The topological polar surface area (TPSA) is 94.3 Å². The lowest BCUT2D eigenvalue weighted by Gasteiger charge is -2.31. The maximum atomic E-state index is 13.2. The summed E-state index contributed by atoms with van der Waals surface area (Å²) in [4.78, 5) is 24.4. The van der Waals surface area contributed by atoms with Gasteiger partial charge in [0, 0.05) is 31.6 Å². The normalized spacial score (nSPS) is 17.5. The molecule has 1 aliphatic heterocycles. The van der Waals surface area contributed by atoms with Gasteiger partial charge in [-0.2, -0.15) is 9.40 Å². The largest absolute Gasteiger partial charge is 0.350 e. The summed E-state index contributed by atoms with van der Waals surface area (Å²) in [5, 5.41) is 4.44. The first kappa shape index (κ1) is 21.2. The van der Waals surface area contributed by atoms with Gasteiger partial charge < -0.3 is 0 Å². The first-order valence-corrected chi connectivity index (χ1v) is 11.6. The zero-order valence-corrected chi connectivity index (χ0v) is 18.2. The van der Waals surface area contributed by atoms with Gasteiger partial charge >= 0.3 is 5.69 Å². The minimum atomic E-state index is -3.73. The highest BCUT2D eigenvalue weighted by Crippen LogP contribution is 2.30. The Kier molecular flexibility index (Phi) is 5.63. The molecule has 0 radical (unpaired) electrons. The Morgan fingerprint density at radius 1 is 1.06 bits per heavy atom. The maximum absolute atomic E-state index is 13.2. The Morgan fingerprint density at radius 2 is 1.74 bits per heavy atom. The van der Waals surface area contributed by atoms with Gasteiger partial charge in [0.15, 0.2) is 5.78 Å². The van der Waals surface area contributed by atoms with Crippen LogP contribution in [0.15, 0.2) is 64.3 Å². The SMILES string of the molecule is CC(=O)c1ccc(S(=O)(=O)N2CCCC(c3nn(C)c(=O)n3-c3ccccc3)C2)cc1. The van der Waals surface area contributed by atoms with Crippen molar-refractivity contribution in [3.63, 3.8) is 0 Å². The van der Waals surface area contributed by atoms with E-state index < -0.39 is 10.0 Å². The van der Waals surface area contributed by atoms with Gasteiger partial charge in [-0.1, -0.05) is 30.3 Å². The molecule has 4 rings (SSSR count). The number of carbonyl (C=O) groups is 1. The molecule has 0 bridgehead atoms. The average Bonchev–Trinajstić information content (AvgIpc) is 3.09. The van der Waals surface area contributed by atoms with Crippen LogP contribution >= 0.6 is 0 Å². The van der Waals surface area contributed by atoms with Gasteiger partial charge in [-0.3, -0.25) is 4.79 Å². The number of hydrogen-bond donors (Lipinski definition) is 0. The first-order chi connectivity index (χ1) is 14.8. The molecule has 2 aromatic carbocycles. The lowest BCUT2D eigenvalue weighted by atomic mass is 9.98. The van der Waals surface area contributed by atoms with E-state index in [9.17, 15) is 18.0 Å². The summed E-state index contributed by atoms with van der Waals surface area (Å²) in [5.74, 6) is 0.232. The van der Waals surface area contributed by atoms with Crippen molar-refractivity contribution >= 4 is 15.8 Å². The molecule has 0 N–H and O–H groups in total. The standard InChI is InChI=1S/C22H24N4O4S/c1-16(27)17-10-12-20(13-11-17)31(29,30)25-14-6-7-18(15-25)21-23-24(2)22(28)26(21)19-8-4-3-5-9-19/h3-5,8-13,18H,6-7,14-15H2,1-2H3. The van der Waals surface area contributed by atoms with Crippen LogP contribution in [0.5, 0.6) is 0 Å². The van der Waals surface area contributed by atoms with Crippen molar-refractivity contribution in [3.8, 4) is 5.69 Å². The number of ketones is 1. The van der Waals surface area contributed by atoms with E-state index >= 15 is 0 Å². The van der Waals surface area contributed by atoms with Gasteiger partial charge in [-0.25, -0.2) is 22.5 Å². The number of benzene rings is 2. The number of carbonyl (C=O) groups excluding carboxylic acids is 1. The molecule has 0 spiro atoms. The van der Waals surface area contributed by atoms with Gasteiger partial charge in [0.05, 0.1) is 10.6 Å². The van der Waals surface area contributed by atoms with E-state index in [-0.39, 0.29) is 28.8 Å². The van der Waals surface area contributed by atoms with Crippen LogP contribution in [0, 0.1) is 0 Å². The molecule has 0 aliphatic carbocycles. The zero-order chi connectivity index (χ0) is 22.2. The first-order valence-electron chi connectivity index (χ1n) is 10.1. The van der Waals surface area contributed by atoms with Crippen LogP contribution in [0.2, 0.25) is 0 Å². The van der Waals surface area contributed by atoms with Gasteiger partial charge in [0.2, 0.25) is 10.0 Å². The predicted octanol–water partition coefficient (Wildman–Crippen LogP) is 2.34. The number of hydrogen-bond acceptors (Lipinski definition) is 5. The molecule has 0 saturated carbocycles. The number of aryl methyl sites for hydroxylation is 1. The van der Waals surface area contributed by atoms with Crippen LogP contribution in [0.1, 0.15) is 41.9 Å². The Morgan fingerprint density at radius 3 is 2.39 bits per heavy atom. The molecule has 1 aromatic heterocycles. The molecule has 162 valence electrons. The monoisotopic (exact) mass is 440 g/mol. The fraction of sp³-hybridized carbons (Fsp3) is 0.318. The second-order valence-corrected chi connectivity index (χ2v) is 9.66. The van der Waals surface area contributed by atoms with Crippen molar-refractivity contribution in [1.82, 2.24) is 18.7 Å². The molecule has 0 amide bonds. The minimum Gasteiger partial charge on any atom is -0.295 e. The fourth-order valence-electron chi connectivity index (χ4n) is 3.95. The van der Waals surface area contributed by atoms with Crippen molar-refractivity contribution in [3.05, 3.63) is 76.5 Å². The number of sulfonamides is 1. The molecule has 9 heteroatoms. The van der Waals surface area contributed by atoms with Crippen molar-refractivity contribution in [2.75, 3.05) is 13.1 Å². The highest BCUT2D eigenvalue weighted by Gasteiger charge is 2.34. The molecule has 1 unspecified atom stereocenters. The highest BCUT2D eigenvalue weighted by atomic mass is 32.2. The number of aromatic nitrogens is 3. The van der Waals surface area contributed by atoms with Crippen molar-refractivity contribution in [1.29, 1.82) is 0 Å². The summed E-state index contributed by atoms with van der Waals surface area (Å²) in [5.41, 5.74) is 0.909. The van der Waals surface area contributed by atoms with Gasteiger partial charge in [0.25, 0.3) is 0 Å². The molecular formula is C22H24N4O4S. The predicted molar refractivity (Wildman–Crippen MR) is 116 cm³/mol. The fourth-order valence-corrected chi connectivity index (χ4v) is 5.47. The van der Waals surface area contributed by atoms with E-state index in [1.54, 1.807) is 11.6 Å². The Hall–Kier alpha value is -3.04. The van der Waals surface area contributed by atoms with E-state index in [0.29, 0.717) is 30.0 Å². The number of nitrogens with zero attached hydrogens (tertiary/aromatic N) is 4. The van der Waals surface area contributed by atoms with Crippen molar-refractivity contribution < 1.29 is 13.2 Å². The van der Waals surface area contributed by atoms with E-state index in [2.05, 4.69) is 5.10 Å². The van der Waals surface area contributed by atoms with Crippen LogP contribution < -0.4 is 5.69 Å². The number of piperidine rings is 1. The lowest BCUT2D eigenvalue weighted by molar-refractivity contribution is 0.101. The highest BCUT2D eigenvalue weighted by molar-refractivity contribution is 7.89. The van der Waals surface area contributed by atoms with Gasteiger partial charge in [-0.15, -0.1) is 0 Å². The second kappa shape index (κ2) is 8.24. The molecule has 1 atom stereocenters. The molecule has 31 heavy (non-hydrogen) atoms. The number of Topliss-reactive ketones (excluding diaryl/α,β-unsaturated/α-hetero) is 1. The number of rotatable bonds is 5. The summed E-state index contributed by atoms with van der Waals surface area (Å²) in [6.07, 6.45) is 1.40. The molecule has 1 aliphatic rings. The molecular weight excluding hydrogens is 416 g/mol. The van der Waals surface area contributed by atoms with Crippen LogP contribution in [0.25, 0.3) is 5.69 Å². The van der Waals surface area contributed by atoms with Gasteiger partial charge in [0.1, 0.15) is 5.82 Å². The summed E-state index contributed by atoms with van der Waals surface area (Å²) in [6, 6.07) is 15.2. The maximum Gasteiger partial charge on any atom is 0.350 e. The molecule has 1 fully saturated rings. The Balaban J connectivity index is 1.66. The van der Waals surface area contributed by atoms with Gasteiger partial charge in [-0.05, 0) is 44.0 Å². The summed E-state index contributed by atoms with van der Waals surface area (Å²) in [7, 11) is -2.13. The molecule has 3 aromatic rings. The zero-order valence-electron chi connectivity index (χ0n) is 17.4. The minimum absolute atomic E-state index is 0.115. The second-order valence-electron chi connectivity index (χ2n) is 7.72. The van der Waals surface area contributed by atoms with Crippen LogP contribution in [0.3, 0.4) is 0 Å². The van der Waals surface area contributed by atoms with Crippen molar-refractivity contribution in [2.24, 2.45) is 7.05 Å². The smallest absolute Gasteiger partial charge is 0.295 e. The third-order valence-corrected chi connectivity index (χ3v) is 7.49. The summed E-state index contributed by atoms with van der Waals surface area (Å²) < 4.78 is 30.7. The summed E-state index contributed by atoms with van der Waals surface area (Å²) >= 11 is 0. The lowest BCUT2D eigenvalue weighted by Crippen LogP contribution is -2.40. The van der Waals surface area contributed by atoms with Crippen LogP contribution in [0.4, 0.5) is 0 Å². The van der Waals surface area contributed by atoms with Crippen molar-refractivity contribution in [2.45, 2.75) is 30.6 Å². The Bertz CT molecular complexity index is 1260. The molecule has 1 saturated heterocycles. The quantitative estimate of drug-likeness (QED) is 0.568. The molecule has 8 nitrogen and oxygen atoms in total. The molecule has 2 heterocycles. The Labute approximate surface area is 180 Å². The average molecular weight is 441 g/mol. The third kappa shape index (κ3) is 3.98. The van der Waals surface area contributed by atoms with E-state index in [1.807, 2.05) is 30.3 Å².